The molecule has 4 rings (SSSR count). The Bertz CT molecular complexity index is 1310. The standard InChI is InChI=1S/C28H40N2O7S2/c1-20-9-5-8-12-25(20)30(19-21-17-26(35-2)28(37-4)27(18-21)36-3)39(33,34)24-15-13-23(14-16-24)38(31,32)29-22-10-6-7-11-22/h13-18,20,22,25,29H,5-12,19H2,1-4H3/t20-,25+/m0/s1. The monoisotopic (exact) mass is 580 g/mol. The van der Waals surface area contributed by atoms with Crippen molar-refractivity contribution in [3.63, 3.8) is 0 Å². The van der Waals surface area contributed by atoms with Crippen molar-refractivity contribution in [1.29, 1.82) is 0 Å². The Labute approximate surface area is 232 Å². The minimum atomic E-state index is -3.97. The Morgan fingerprint density at radius 1 is 0.795 bits per heavy atom. The van der Waals surface area contributed by atoms with Crippen molar-refractivity contribution >= 4 is 20.0 Å². The van der Waals surface area contributed by atoms with Crippen LogP contribution in [-0.2, 0) is 26.6 Å². The van der Waals surface area contributed by atoms with Crippen LogP contribution >= 0.6 is 0 Å². The van der Waals surface area contributed by atoms with E-state index < -0.39 is 20.0 Å². The highest BCUT2D eigenvalue weighted by Gasteiger charge is 2.36. The molecule has 0 heterocycles. The molecular weight excluding hydrogens is 540 g/mol. The molecule has 2 aliphatic rings. The zero-order valence-electron chi connectivity index (χ0n) is 23.2. The van der Waals surface area contributed by atoms with Crippen LogP contribution < -0.4 is 18.9 Å². The molecule has 0 amide bonds. The Morgan fingerprint density at radius 3 is 1.87 bits per heavy atom. The van der Waals surface area contributed by atoms with Gasteiger partial charge < -0.3 is 14.2 Å². The number of hydrogen-bond donors (Lipinski definition) is 1. The van der Waals surface area contributed by atoms with Crippen molar-refractivity contribution in [2.75, 3.05) is 21.3 Å². The summed E-state index contributed by atoms with van der Waals surface area (Å²) in [5.41, 5.74) is 0.700. The van der Waals surface area contributed by atoms with E-state index in [9.17, 15) is 16.8 Å². The van der Waals surface area contributed by atoms with Gasteiger partial charge in [0, 0.05) is 18.6 Å². The van der Waals surface area contributed by atoms with Crippen LogP contribution in [0.15, 0.2) is 46.2 Å². The number of ether oxygens (including phenoxy) is 3. The van der Waals surface area contributed by atoms with E-state index in [0.29, 0.717) is 22.8 Å². The van der Waals surface area contributed by atoms with Crippen molar-refractivity contribution in [2.24, 2.45) is 5.92 Å². The average Bonchev–Trinajstić information content (AvgIpc) is 3.44. The fourth-order valence-corrected chi connectivity index (χ4v) is 8.81. The number of hydrogen-bond acceptors (Lipinski definition) is 7. The van der Waals surface area contributed by atoms with Crippen molar-refractivity contribution in [1.82, 2.24) is 9.03 Å². The van der Waals surface area contributed by atoms with Gasteiger partial charge in [-0.05, 0) is 73.6 Å². The Morgan fingerprint density at radius 2 is 1.33 bits per heavy atom. The highest BCUT2D eigenvalue weighted by Crippen LogP contribution is 2.40. The van der Waals surface area contributed by atoms with Gasteiger partial charge in [-0.2, -0.15) is 4.31 Å². The maximum absolute atomic E-state index is 14.1. The fraction of sp³-hybridized carbons (Fsp3) is 0.571. The first-order chi connectivity index (χ1) is 18.6. The molecule has 11 heteroatoms. The minimum Gasteiger partial charge on any atom is -0.493 e. The lowest BCUT2D eigenvalue weighted by molar-refractivity contribution is 0.185. The van der Waals surface area contributed by atoms with E-state index in [1.165, 1.54) is 45.6 Å². The summed E-state index contributed by atoms with van der Waals surface area (Å²) < 4.78 is 74.7. The molecule has 2 aliphatic carbocycles. The van der Waals surface area contributed by atoms with Gasteiger partial charge in [0.1, 0.15) is 0 Å². The maximum Gasteiger partial charge on any atom is 0.243 e. The van der Waals surface area contributed by atoms with Gasteiger partial charge in [-0.25, -0.2) is 21.6 Å². The number of nitrogens with one attached hydrogen (secondary N) is 1. The third-order valence-corrected chi connectivity index (χ3v) is 11.3. The molecular formula is C28H40N2O7S2. The summed E-state index contributed by atoms with van der Waals surface area (Å²) in [5, 5.41) is 0. The number of nitrogens with zero attached hydrogens (tertiary/aromatic N) is 1. The van der Waals surface area contributed by atoms with Gasteiger partial charge in [0.15, 0.2) is 11.5 Å². The maximum atomic E-state index is 14.1. The molecule has 2 aromatic carbocycles. The fourth-order valence-electron chi connectivity index (χ4n) is 5.77. The second-order valence-electron chi connectivity index (χ2n) is 10.5. The number of benzene rings is 2. The van der Waals surface area contributed by atoms with E-state index in [1.807, 2.05) is 0 Å². The second-order valence-corrected chi connectivity index (χ2v) is 14.1. The molecule has 0 bridgehead atoms. The van der Waals surface area contributed by atoms with Crippen LogP contribution in [0.25, 0.3) is 0 Å². The smallest absolute Gasteiger partial charge is 0.243 e. The third-order valence-electron chi connectivity index (χ3n) is 7.92. The summed E-state index contributed by atoms with van der Waals surface area (Å²) in [6.07, 6.45) is 7.36. The van der Waals surface area contributed by atoms with Gasteiger partial charge in [0.2, 0.25) is 25.8 Å². The van der Waals surface area contributed by atoms with E-state index in [0.717, 1.165) is 51.4 Å². The van der Waals surface area contributed by atoms with Crippen LogP contribution in [0.1, 0.15) is 63.9 Å². The first kappa shape index (κ1) is 29.6. The SMILES string of the molecule is COc1cc(CN([C@@H]2CCCC[C@@H]2C)S(=O)(=O)c2ccc(S(=O)(=O)NC3CCCC3)cc2)cc(OC)c1OC. The van der Waals surface area contributed by atoms with Crippen LogP contribution in [0.4, 0.5) is 0 Å². The second kappa shape index (κ2) is 12.4. The molecule has 2 aromatic rings. The Hall–Kier alpha value is -2.34. The summed E-state index contributed by atoms with van der Waals surface area (Å²) in [6, 6.07) is 8.82. The van der Waals surface area contributed by atoms with Crippen LogP contribution in [-0.4, -0.2) is 54.6 Å². The summed E-state index contributed by atoms with van der Waals surface area (Å²) in [5.74, 6) is 1.51. The molecule has 0 aliphatic heterocycles. The van der Waals surface area contributed by atoms with Crippen LogP contribution in [0, 0.1) is 5.92 Å². The highest BCUT2D eigenvalue weighted by molar-refractivity contribution is 7.89. The minimum absolute atomic E-state index is 0.0625. The lowest BCUT2D eigenvalue weighted by Gasteiger charge is -2.38. The molecule has 0 spiro atoms. The molecule has 9 nitrogen and oxygen atoms in total. The highest BCUT2D eigenvalue weighted by atomic mass is 32.2. The molecule has 216 valence electrons. The van der Waals surface area contributed by atoms with Crippen LogP contribution in [0.5, 0.6) is 17.2 Å². The predicted molar refractivity (Wildman–Crippen MR) is 149 cm³/mol. The van der Waals surface area contributed by atoms with Crippen molar-refractivity contribution in [3.8, 4) is 17.2 Å². The number of rotatable bonds is 11. The average molecular weight is 581 g/mol. The summed E-state index contributed by atoms with van der Waals surface area (Å²) >= 11 is 0. The quantitative estimate of drug-likeness (QED) is 0.410. The van der Waals surface area contributed by atoms with E-state index >= 15 is 0 Å². The van der Waals surface area contributed by atoms with E-state index in [4.69, 9.17) is 14.2 Å². The number of methoxy groups -OCH3 is 3. The summed E-state index contributed by atoms with van der Waals surface area (Å²) in [7, 11) is -3.12. The van der Waals surface area contributed by atoms with E-state index in [2.05, 4.69) is 11.6 Å². The van der Waals surface area contributed by atoms with Gasteiger partial charge in [-0.3, -0.25) is 0 Å². The van der Waals surface area contributed by atoms with Gasteiger partial charge >= 0.3 is 0 Å². The third kappa shape index (κ3) is 6.53. The summed E-state index contributed by atoms with van der Waals surface area (Å²) in [4.78, 5) is 0.128. The predicted octanol–water partition coefficient (Wildman–Crippen LogP) is 4.70. The van der Waals surface area contributed by atoms with Gasteiger partial charge in [-0.1, -0.05) is 32.6 Å². The molecule has 39 heavy (non-hydrogen) atoms. The molecule has 2 atom stereocenters. The zero-order chi connectivity index (χ0) is 28.2. The van der Waals surface area contributed by atoms with Crippen molar-refractivity contribution < 1.29 is 31.0 Å². The Balaban J connectivity index is 1.68. The lowest BCUT2D eigenvalue weighted by Crippen LogP contribution is -2.44. The Kier molecular flexibility index (Phi) is 9.46. The van der Waals surface area contributed by atoms with E-state index in [-0.39, 0.29) is 34.3 Å². The van der Waals surface area contributed by atoms with Gasteiger partial charge in [0.05, 0.1) is 31.1 Å². The molecule has 0 unspecified atom stereocenters. The zero-order valence-corrected chi connectivity index (χ0v) is 24.8. The first-order valence-corrected chi connectivity index (χ1v) is 16.5. The molecule has 2 fully saturated rings. The van der Waals surface area contributed by atoms with Crippen LogP contribution in [0.2, 0.25) is 0 Å². The van der Waals surface area contributed by atoms with Crippen LogP contribution in [0.3, 0.4) is 0 Å². The van der Waals surface area contributed by atoms with Crippen molar-refractivity contribution in [3.05, 3.63) is 42.0 Å². The lowest BCUT2D eigenvalue weighted by atomic mass is 9.86. The van der Waals surface area contributed by atoms with Gasteiger partial charge in [-0.15, -0.1) is 0 Å². The van der Waals surface area contributed by atoms with Gasteiger partial charge in [0.25, 0.3) is 0 Å². The molecule has 1 N–H and O–H groups in total. The first-order valence-electron chi connectivity index (χ1n) is 13.5. The molecule has 0 aromatic heterocycles. The molecule has 0 saturated heterocycles. The topological polar surface area (TPSA) is 111 Å². The molecule has 0 radical (unpaired) electrons. The largest absolute Gasteiger partial charge is 0.493 e. The van der Waals surface area contributed by atoms with Crippen molar-refractivity contribution in [2.45, 2.75) is 86.7 Å². The summed E-state index contributed by atoms with van der Waals surface area (Å²) in [6.45, 7) is 2.20. The normalized spacial score (nSPS) is 20.7. The number of sulfonamides is 2. The van der Waals surface area contributed by atoms with E-state index in [1.54, 1.807) is 16.4 Å². The molecule has 2 saturated carbocycles.